The molecule has 1 aromatic carbocycles. The van der Waals surface area contributed by atoms with Gasteiger partial charge in [-0.15, -0.1) is 0 Å². The molecule has 1 aliphatic heterocycles. The topological polar surface area (TPSA) is 52.1 Å². The first-order valence-corrected chi connectivity index (χ1v) is 9.83. The summed E-state index contributed by atoms with van der Waals surface area (Å²) in [5, 5.41) is 9.93. The quantitative estimate of drug-likeness (QED) is 0.688. The summed E-state index contributed by atoms with van der Waals surface area (Å²) in [5.74, 6) is 0.245. The summed E-state index contributed by atoms with van der Waals surface area (Å²) in [7, 11) is 2.16. The molecule has 0 amide bonds. The second-order valence-electron chi connectivity index (χ2n) is 7.74. The van der Waals surface area contributed by atoms with Gasteiger partial charge in [0.25, 0.3) is 0 Å². The summed E-state index contributed by atoms with van der Waals surface area (Å²) in [6.07, 6.45) is 3.35. The molecule has 0 aliphatic carbocycles. The number of H-pyrrole nitrogens is 1. The second kappa shape index (κ2) is 7.86. The lowest BCUT2D eigenvalue weighted by molar-refractivity contribution is 0.194. The molecular formula is C23H26FN3O. The van der Waals surface area contributed by atoms with Crippen LogP contribution in [-0.4, -0.2) is 40.1 Å². The second-order valence-corrected chi connectivity index (χ2v) is 7.74. The number of hydrogen-bond donors (Lipinski definition) is 2. The van der Waals surface area contributed by atoms with Gasteiger partial charge in [-0.3, -0.25) is 4.98 Å². The fraction of sp³-hybridized carbons (Fsp3) is 0.348. The lowest BCUT2D eigenvalue weighted by Gasteiger charge is -2.28. The third-order valence-electron chi connectivity index (χ3n) is 5.65. The van der Waals surface area contributed by atoms with Crippen molar-refractivity contribution in [1.29, 1.82) is 0 Å². The third-order valence-corrected chi connectivity index (χ3v) is 5.65. The van der Waals surface area contributed by atoms with E-state index in [1.807, 2.05) is 12.1 Å². The van der Waals surface area contributed by atoms with Crippen LogP contribution in [0.5, 0.6) is 0 Å². The van der Waals surface area contributed by atoms with Gasteiger partial charge in [-0.2, -0.15) is 0 Å². The van der Waals surface area contributed by atoms with Gasteiger partial charge in [0.2, 0.25) is 0 Å². The van der Waals surface area contributed by atoms with Crippen LogP contribution in [0.4, 0.5) is 4.39 Å². The summed E-state index contributed by atoms with van der Waals surface area (Å²) in [4.78, 5) is 10.3. The predicted molar refractivity (Wildman–Crippen MR) is 110 cm³/mol. The van der Waals surface area contributed by atoms with Gasteiger partial charge < -0.3 is 15.0 Å². The molecule has 4 rings (SSSR count). The van der Waals surface area contributed by atoms with E-state index in [-0.39, 0.29) is 5.82 Å². The lowest BCUT2D eigenvalue weighted by atomic mass is 9.93. The number of likely N-dealkylation sites (tertiary alicyclic amines) is 1. The highest BCUT2D eigenvalue weighted by molar-refractivity contribution is 5.82. The van der Waals surface area contributed by atoms with Crippen LogP contribution in [0.15, 0.2) is 48.7 Å². The van der Waals surface area contributed by atoms with Crippen molar-refractivity contribution in [1.82, 2.24) is 14.9 Å². The highest BCUT2D eigenvalue weighted by Crippen LogP contribution is 2.37. The van der Waals surface area contributed by atoms with Gasteiger partial charge in [0, 0.05) is 23.4 Å². The van der Waals surface area contributed by atoms with Gasteiger partial charge in [0.05, 0.1) is 17.5 Å². The van der Waals surface area contributed by atoms with Crippen molar-refractivity contribution >= 4 is 0 Å². The van der Waals surface area contributed by atoms with E-state index in [4.69, 9.17) is 0 Å². The van der Waals surface area contributed by atoms with Crippen LogP contribution < -0.4 is 0 Å². The van der Waals surface area contributed by atoms with Crippen LogP contribution in [0.3, 0.4) is 0 Å². The smallest absolute Gasteiger partial charge is 0.123 e. The summed E-state index contributed by atoms with van der Waals surface area (Å²) in [5.41, 5.74) is 5.86. The van der Waals surface area contributed by atoms with E-state index in [9.17, 15) is 9.50 Å². The van der Waals surface area contributed by atoms with E-state index in [2.05, 4.69) is 28.0 Å². The molecule has 1 fully saturated rings. The number of nitrogens with one attached hydrogen (secondary N) is 1. The number of aliphatic hydroxyl groups excluding tert-OH is 1. The Morgan fingerprint density at radius 2 is 1.82 bits per heavy atom. The van der Waals surface area contributed by atoms with E-state index in [0.717, 1.165) is 48.3 Å². The fourth-order valence-corrected chi connectivity index (χ4v) is 3.93. The molecule has 1 aliphatic rings. The zero-order chi connectivity index (χ0) is 19.7. The van der Waals surface area contributed by atoms with E-state index in [1.165, 1.54) is 17.8 Å². The van der Waals surface area contributed by atoms with Crippen molar-refractivity contribution in [2.75, 3.05) is 20.1 Å². The Labute approximate surface area is 165 Å². The van der Waals surface area contributed by atoms with Crippen molar-refractivity contribution in [2.24, 2.45) is 0 Å². The molecule has 4 nitrogen and oxygen atoms in total. The molecule has 2 N–H and O–H groups in total. The van der Waals surface area contributed by atoms with Gasteiger partial charge >= 0.3 is 0 Å². The van der Waals surface area contributed by atoms with Crippen molar-refractivity contribution < 1.29 is 9.50 Å². The molecule has 3 heterocycles. The number of aromatic amines is 1. The molecule has 1 unspecified atom stereocenters. The Morgan fingerprint density at radius 3 is 2.50 bits per heavy atom. The first-order valence-electron chi connectivity index (χ1n) is 9.83. The van der Waals surface area contributed by atoms with E-state index < -0.39 is 6.10 Å². The van der Waals surface area contributed by atoms with Crippen molar-refractivity contribution in [3.05, 3.63) is 65.9 Å². The van der Waals surface area contributed by atoms with Crippen molar-refractivity contribution in [3.63, 3.8) is 0 Å². The van der Waals surface area contributed by atoms with E-state index >= 15 is 0 Å². The van der Waals surface area contributed by atoms with Crippen LogP contribution in [0.1, 0.15) is 43.2 Å². The number of pyridine rings is 1. The molecular weight excluding hydrogens is 353 g/mol. The number of rotatable bonds is 4. The molecule has 5 heteroatoms. The lowest BCUT2D eigenvalue weighted by Crippen LogP contribution is -2.29. The average Bonchev–Trinajstić information content (AvgIpc) is 3.14. The Morgan fingerprint density at radius 1 is 1.11 bits per heavy atom. The first-order chi connectivity index (χ1) is 13.5. The molecule has 146 valence electrons. The summed E-state index contributed by atoms with van der Waals surface area (Å²) < 4.78 is 13.4. The fourth-order valence-electron chi connectivity index (χ4n) is 3.93. The monoisotopic (exact) mass is 379 g/mol. The Kier molecular flexibility index (Phi) is 5.29. The van der Waals surface area contributed by atoms with E-state index in [1.54, 1.807) is 25.3 Å². The van der Waals surface area contributed by atoms with Crippen LogP contribution in [0, 0.1) is 5.82 Å². The van der Waals surface area contributed by atoms with Gasteiger partial charge in [0.15, 0.2) is 0 Å². The minimum Gasteiger partial charge on any atom is -0.387 e. The number of hydrogen-bond acceptors (Lipinski definition) is 3. The van der Waals surface area contributed by atoms with Gasteiger partial charge in [-0.1, -0.05) is 0 Å². The number of aromatic nitrogens is 2. The molecule has 1 atom stereocenters. The van der Waals surface area contributed by atoms with E-state index in [0.29, 0.717) is 11.6 Å². The maximum atomic E-state index is 13.4. The molecule has 28 heavy (non-hydrogen) atoms. The van der Waals surface area contributed by atoms with Crippen LogP contribution >= 0.6 is 0 Å². The number of piperidine rings is 1. The van der Waals surface area contributed by atoms with Crippen molar-refractivity contribution in [3.8, 4) is 22.4 Å². The molecule has 0 radical (unpaired) electrons. The number of aliphatic hydroxyl groups is 1. The maximum Gasteiger partial charge on any atom is 0.123 e. The SMILES string of the molecule is CC(O)c1cc(-c2cc(C3CCN(C)CC3)[nH]c2-c2ccc(F)cc2)ccn1. The van der Waals surface area contributed by atoms with Crippen LogP contribution in [0.25, 0.3) is 22.4 Å². The first kappa shape index (κ1) is 18.8. The van der Waals surface area contributed by atoms with Crippen LogP contribution in [-0.2, 0) is 0 Å². The zero-order valence-corrected chi connectivity index (χ0v) is 16.3. The van der Waals surface area contributed by atoms with Gasteiger partial charge in [-0.05, 0) is 93.5 Å². The minimum atomic E-state index is -0.624. The standard InChI is InChI=1S/C23H26FN3O/c1-15(28)21-13-18(7-10-25-21)20-14-22(16-8-11-27(2)12-9-16)26-23(20)17-3-5-19(24)6-4-17/h3-7,10,13-16,26,28H,8-9,11-12H2,1-2H3. The third kappa shape index (κ3) is 3.86. The summed E-state index contributed by atoms with van der Waals surface area (Å²) in [6.45, 7) is 3.90. The maximum absolute atomic E-state index is 13.4. The van der Waals surface area contributed by atoms with Gasteiger partial charge in [0.1, 0.15) is 5.82 Å². The number of benzene rings is 1. The average molecular weight is 379 g/mol. The largest absolute Gasteiger partial charge is 0.387 e. The Balaban J connectivity index is 1.79. The highest BCUT2D eigenvalue weighted by Gasteiger charge is 2.22. The Hall–Kier alpha value is -2.50. The van der Waals surface area contributed by atoms with Gasteiger partial charge in [-0.25, -0.2) is 4.39 Å². The molecule has 3 aromatic rings. The number of halogens is 1. The summed E-state index contributed by atoms with van der Waals surface area (Å²) >= 11 is 0. The van der Waals surface area contributed by atoms with Crippen molar-refractivity contribution in [2.45, 2.75) is 31.8 Å². The normalized spacial score (nSPS) is 17.0. The zero-order valence-electron chi connectivity index (χ0n) is 16.3. The molecule has 2 aromatic heterocycles. The molecule has 0 spiro atoms. The Bertz CT molecular complexity index is 941. The number of nitrogens with zero attached hydrogens (tertiary/aromatic N) is 2. The summed E-state index contributed by atoms with van der Waals surface area (Å²) in [6, 6.07) is 12.7. The predicted octanol–water partition coefficient (Wildman–Crippen LogP) is 4.75. The molecule has 0 saturated carbocycles. The molecule has 0 bridgehead atoms. The molecule has 1 saturated heterocycles. The highest BCUT2D eigenvalue weighted by atomic mass is 19.1. The van der Waals surface area contributed by atoms with Crippen LogP contribution in [0.2, 0.25) is 0 Å². The minimum absolute atomic E-state index is 0.243.